The molecule has 2 fully saturated rings. The molecule has 9 nitrogen and oxygen atoms in total. The van der Waals surface area contributed by atoms with E-state index in [0.717, 1.165) is 42.2 Å². The Kier molecular flexibility index (Phi) is 6.51. The molecule has 0 bridgehead atoms. The van der Waals surface area contributed by atoms with Gasteiger partial charge < -0.3 is 4.90 Å². The van der Waals surface area contributed by atoms with Crippen LogP contribution >= 0.6 is 0 Å². The van der Waals surface area contributed by atoms with Gasteiger partial charge in [0, 0.05) is 36.5 Å². The van der Waals surface area contributed by atoms with Gasteiger partial charge in [0.1, 0.15) is 5.57 Å². The summed E-state index contributed by atoms with van der Waals surface area (Å²) >= 11 is 0. The van der Waals surface area contributed by atoms with Crippen LogP contribution in [0, 0.1) is 10.1 Å². The minimum Gasteiger partial charge on any atom is -0.371 e. The van der Waals surface area contributed by atoms with Crippen LogP contribution in [0.2, 0.25) is 0 Å². The fourth-order valence-corrected chi connectivity index (χ4v) is 4.69. The second-order valence-corrected chi connectivity index (χ2v) is 8.84. The minimum atomic E-state index is -0.792. The number of hydrogen-bond donors (Lipinski definition) is 0. The lowest BCUT2D eigenvalue weighted by molar-refractivity contribution is -0.384. The Morgan fingerprint density at radius 2 is 1.27 bits per heavy atom. The van der Waals surface area contributed by atoms with Crippen molar-refractivity contribution >= 4 is 46.7 Å². The molecule has 2 heterocycles. The van der Waals surface area contributed by atoms with E-state index in [4.69, 9.17) is 0 Å². The fourth-order valence-electron chi connectivity index (χ4n) is 4.69. The van der Waals surface area contributed by atoms with Gasteiger partial charge in [0.25, 0.3) is 17.5 Å². The molecule has 2 aliphatic heterocycles. The minimum absolute atomic E-state index is 0.153. The molecule has 0 atom stereocenters. The average molecular weight is 497 g/mol. The predicted octanol–water partition coefficient (Wildman–Crippen LogP) is 5.17. The van der Waals surface area contributed by atoms with Crippen molar-refractivity contribution < 1.29 is 19.3 Å². The molecule has 0 spiro atoms. The summed E-state index contributed by atoms with van der Waals surface area (Å²) in [5.74, 6) is -1.58. The Balaban J connectivity index is 1.67. The third kappa shape index (κ3) is 4.58. The first-order valence-electron chi connectivity index (χ1n) is 12.0. The number of rotatable bonds is 5. The Morgan fingerprint density at radius 3 is 1.78 bits per heavy atom. The molecule has 0 saturated carbocycles. The fraction of sp³-hybridized carbons (Fsp3) is 0.179. The molecule has 0 radical (unpaired) electrons. The Hall–Kier alpha value is -4.79. The quantitative estimate of drug-likeness (QED) is 0.209. The number of carbonyl (C=O) groups excluding carboxylic acids is 3. The van der Waals surface area contributed by atoms with Crippen LogP contribution < -0.4 is 14.7 Å². The highest BCUT2D eigenvalue weighted by Gasteiger charge is 2.43. The summed E-state index contributed by atoms with van der Waals surface area (Å²) < 4.78 is 0. The van der Waals surface area contributed by atoms with Gasteiger partial charge in [0.15, 0.2) is 0 Å². The van der Waals surface area contributed by atoms with Crippen LogP contribution in [0.1, 0.15) is 24.8 Å². The topological polar surface area (TPSA) is 104 Å². The normalized spacial score (nSPS) is 16.3. The van der Waals surface area contributed by atoms with Gasteiger partial charge >= 0.3 is 6.03 Å². The molecule has 5 rings (SSSR count). The zero-order valence-corrected chi connectivity index (χ0v) is 19.9. The smallest absolute Gasteiger partial charge is 0.343 e. The number of benzene rings is 3. The highest BCUT2D eigenvalue weighted by atomic mass is 16.6. The number of piperidine rings is 1. The molecule has 2 saturated heterocycles. The monoisotopic (exact) mass is 496 g/mol. The Morgan fingerprint density at radius 1 is 0.730 bits per heavy atom. The number of para-hydroxylation sites is 2. The maximum atomic E-state index is 13.7. The molecule has 186 valence electrons. The van der Waals surface area contributed by atoms with Crippen LogP contribution in [0.3, 0.4) is 0 Å². The number of imide groups is 2. The van der Waals surface area contributed by atoms with Gasteiger partial charge in [-0.1, -0.05) is 36.4 Å². The highest BCUT2D eigenvalue weighted by Crippen LogP contribution is 2.33. The molecule has 0 unspecified atom stereocenters. The second-order valence-electron chi connectivity index (χ2n) is 8.84. The maximum Gasteiger partial charge on any atom is 0.343 e. The molecule has 2 aliphatic rings. The van der Waals surface area contributed by atoms with Crippen LogP contribution in [0.4, 0.5) is 27.5 Å². The van der Waals surface area contributed by atoms with Crippen molar-refractivity contribution in [3.05, 3.63) is 100 Å². The van der Waals surface area contributed by atoms with Crippen molar-refractivity contribution in [1.29, 1.82) is 0 Å². The first-order valence-corrected chi connectivity index (χ1v) is 12.0. The van der Waals surface area contributed by atoms with Gasteiger partial charge in [-0.3, -0.25) is 19.7 Å². The molecule has 0 aromatic heterocycles. The lowest BCUT2D eigenvalue weighted by Crippen LogP contribution is -2.57. The van der Waals surface area contributed by atoms with Gasteiger partial charge in [-0.05, 0) is 55.7 Å². The molecule has 37 heavy (non-hydrogen) atoms. The van der Waals surface area contributed by atoms with E-state index in [9.17, 15) is 24.5 Å². The van der Waals surface area contributed by atoms with E-state index in [1.807, 2.05) is 0 Å². The Bertz CT molecular complexity index is 1340. The van der Waals surface area contributed by atoms with Gasteiger partial charge in [0.2, 0.25) is 0 Å². The van der Waals surface area contributed by atoms with E-state index in [0.29, 0.717) is 22.6 Å². The van der Waals surface area contributed by atoms with Crippen molar-refractivity contribution in [1.82, 2.24) is 0 Å². The van der Waals surface area contributed by atoms with E-state index in [1.54, 1.807) is 66.7 Å². The number of barbiturate groups is 1. The number of amides is 4. The van der Waals surface area contributed by atoms with Gasteiger partial charge in [0.05, 0.1) is 16.3 Å². The SMILES string of the molecule is O=C1C(=Cc2cc([N+](=O)[O-])ccc2N2CCCCC2)C(=O)N(c2ccccc2)C(=O)N1c1ccccc1. The zero-order valence-electron chi connectivity index (χ0n) is 19.9. The summed E-state index contributed by atoms with van der Waals surface area (Å²) in [6.45, 7) is 1.53. The summed E-state index contributed by atoms with van der Waals surface area (Å²) in [4.78, 5) is 55.9. The van der Waals surface area contributed by atoms with Crippen LogP contribution in [0.15, 0.2) is 84.4 Å². The molecular formula is C28H24N4O5. The predicted molar refractivity (Wildman–Crippen MR) is 140 cm³/mol. The molecule has 3 aromatic rings. The van der Waals surface area contributed by atoms with Gasteiger partial charge in [-0.25, -0.2) is 14.6 Å². The number of hydrogen-bond acceptors (Lipinski definition) is 6. The second kappa shape index (κ2) is 10.1. The van der Waals surface area contributed by atoms with Crippen LogP contribution in [-0.2, 0) is 9.59 Å². The van der Waals surface area contributed by atoms with Crippen molar-refractivity contribution in [2.24, 2.45) is 0 Å². The largest absolute Gasteiger partial charge is 0.371 e. The number of carbonyl (C=O) groups is 3. The summed E-state index contributed by atoms with van der Waals surface area (Å²) in [6, 6.07) is 20.4. The molecule has 3 aromatic carbocycles. The number of nitro groups is 1. The number of anilines is 3. The van der Waals surface area contributed by atoms with E-state index in [-0.39, 0.29) is 11.3 Å². The summed E-state index contributed by atoms with van der Waals surface area (Å²) in [7, 11) is 0. The standard InChI is InChI=1S/C28H24N4O5/c33-26-24(19-20-18-23(32(36)37)14-15-25(20)29-16-8-3-9-17-29)27(34)31(22-12-6-2-7-13-22)28(35)30(26)21-10-4-1-5-11-21/h1-2,4-7,10-15,18-19H,3,8-9,16-17H2. The number of non-ortho nitro benzene ring substituents is 1. The van der Waals surface area contributed by atoms with E-state index in [1.165, 1.54) is 18.2 Å². The van der Waals surface area contributed by atoms with Crippen LogP contribution in [0.5, 0.6) is 0 Å². The van der Waals surface area contributed by atoms with Gasteiger partial charge in [-0.2, -0.15) is 0 Å². The third-order valence-corrected chi connectivity index (χ3v) is 6.50. The molecular weight excluding hydrogens is 472 g/mol. The molecule has 0 aliphatic carbocycles. The number of urea groups is 1. The van der Waals surface area contributed by atoms with E-state index >= 15 is 0 Å². The number of nitrogens with zero attached hydrogens (tertiary/aromatic N) is 4. The summed E-state index contributed by atoms with van der Waals surface area (Å²) in [5.41, 5.74) is 1.29. The van der Waals surface area contributed by atoms with Gasteiger partial charge in [-0.15, -0.1) is 0 Å². The highest BCUT2D eigenvalue weighted by molar-refractivity contribution is 6.46. The van der Waals surface area contributed by atoms with Crippen molar-refractivity contribution in [2.45, 2.75) is 19.3 Å². The zero-order chi connectivity index (χ0) is 25.9. The lowest BCUT2D eigenvalue weighted by Gasteiger charge is -2.34. The van der Waals surface area contributed by atoms with Crippen molar-refractivity contribution in [3.63, 3.8) is 0 Å². The third-order valence-electron chi connectivity index (χ3n) is 6.50. The number of nitro benzene ring substituents is 1. The van der Waals surface area contributed by atoms with Crippen molar-refractivity contribution in [2.75, 3.05) is 27.8 Å². The van der Waals surface area contributed by atoms with E-state index < -0.39 is 22.8 Å². The first kappa shape index (κ1) is 23.9. The van der Waals surface area contributed by atoms with Crippen molar-refractivity contribution in [3.8, 4) is 0 Å². The Labute approximate surface area is 213 Å². The molecule has 9 heteroatoms. The maximum absolute atomic E-state index is 13.7. The van der Waals surface area contributed by atoms with Crippen LogP contribution in [0.25, 0.3) is 6.08 Å². The molecule has 0 N–H and O–H groups in total. The van der Waals surface area contributed by atoms with E-state index in [2.05, 4.69) is 4.90 Å². The molecule has 4 amide bonds. The summed E-state index contributed by atoms with van der Waals surface area (Å²) in [6.07, 6.45) is 4.42. The van der Waals surface area contributed by atoms with Crippen LogP contribution in [-0.4, -0.2) is 35.9 Å². The average Bonchev–Trinajstić information content (AvgIpc) is 2.92. The lowest BCUT2D eigenvalue weighted by atomic mass is 10.0. The first-order chi connectivity index (χ1) is 18.0. The summed E-state index contributed by atoms with van der Waals surface area (Å²) in [5, 5.41) is 11.6.